The van der Waals surface area contributed by atoms with Crippen molar-refractivity contribution in [3.05, 3.63) is 29.8 Å². The minimum absolute atomic E-state index is 0.275. The number of hydrogen-bond donors (Lipinski definition) is 0. The fourth-order valence-electron chi connectivity index (χ4n) is 1.05. The molecule has 0 heterocycles. The van der Waals surface area contributed by atoms with E-state index < -0.39 is 9.84 Å². The predicted molar refractivity (Wildman–Crippen MR) is 61.0 cm³/mol. The Morgan fingerprint density at radius 2 is 1.80 bits per heavy atom. The zero-order chi connectivity index (χ0) is 11.3. The molecule has 0 aromatic heterocycles. The molecule has 0 radical (unpaired) electrons. The number of sulfone groups is 1. The topological polar surface area (TPSA) is 34.1 Å². The molecule has 0 unspecified atom stereocenters. The van der Waals surface area contributed by atoms with Crippen molar-refractivity contribution >= 4 is 9.84 Å². The minimum atomic E-state index is -3.41. The second-order valence-corrected chi connectivity index (χ2v) is 5.03. The van der Waals surface area contributed by atoms with Crippen LogP contribution in [-0.4, -0.2) is 8.42 Å². The van der Waals surface area contributed by atoms with Crippen LogP contribution in [0.2, 0.25) is 0 Å². The van der Waals surface area contributed by atoms with Gasteiger partial charge in [0, 0.05) is 11.7 Å². The molecule has 0 saturated heterocycles. The molecule has 1 aromatic rings. The van der Waals surface area contributed by atoms with Gasteiger partial charge in [0.25, 0.3) is 0 Å². The first-order chi connectivity index (χ1) is 7.06. The second-order valence-electron chi connectivity index (χ2n) is 3.35. The Labute approximate surface area is 91.2 Å². The molecule has 80 valence electrons. The third-order valence-corrected chi connectivity index (χ3v) is 3.22. The van der Waals surface area contributed by atoms with Crippen molar-refractivity contribution in [1.82, 2.24) is 0 Å². The van der Waals surface area contributed by atoms with Crippen LogP contribution in [0, 0.1) is 18.1 Å². The largest absolute Gasteiger partial charge is 0.245 e. The molecule has 0 aliphatic rings. The van der Waals surface area contributed by atoms with Gasteiger partial charge in [-0.15, -0.1) is 0 Å². The van der Waals surface area contributed by atoms with Crippen molar-refractivity contribution in [3.63, 3.8) is 0 Å². The molecular formula is C12H14O2S. The number of aryl methyl sites for hydroxylation is 1. The van der Waals surface area contributed by atoms with Gasteiger partial charge in [0.15, 0.2) is 0 Å². The zero-order valence-electron chi connectivity index (χ0n) is 8.95. The van der Waals surface area contributed by atoms with E-state index in [2.05, 4.69) is 11.2 Å². The van der Waals surface area contributed by atoms with E-state index >= 15 is 0 Å². The van der Waals surface area contributed by atoms with Crippen molar-refractivity contribution in [2.75, 3.05) is 0 Å². The van der Waals surface area contributed by atoms with Gasteiger partial charge in [-0.25, -0.2) is 8.42 Å². The Morgan fingerprint density at radius 3 is 2.33 bits per heavy atom. The fourth-order valence-corrected chi connectivity index (χ4v) is 1.95. The standard InChI is InChI=1S/C12H14O2S/c1-3-4-5-10-15(13,14)12-8-6-11(2)7-9-12/h6-9H,3-4H2,1-2H3. The molecule has 0 amide bonds. The highest BCUT2D eigenvalue weighted by atomic mass is 32.2. The highest BCUT2D eigenvalue weighted by Gasteiger charge is 2.09. The van der Waals surface area contributed by atoms with E-state index in [4.69, 9.17) is 0 Å². The summed E-state index contributed by atoms with van der Waals surface area (Å²) in [6, 6.07) is 6.72. The number of benzene rings is 1. The van der Waals surface area contributed by atoms with E-state index in [1.54, 1.807) is 24.3 Å². The van der Waals surface area contributed by atoms with Crippen LogP contribution in [0.5, 0.6) is 0 Å². The van der Waals surface area contributed by atoms with Crippen LogP contribution in [0.1, 0.15) is 25.3 Å². The molecule has 3 heteroatoms. The van der Waals surface area contributed by atoms with Crippen LogP contribution in [0.15, 0.2) is 29.2 Å². The van der Waals surface area contributed by atoms with Gasteiger partial charge in [-0.2, -0.15) is 0 Å². The first-order valence-electron chi connectivity index (χ1n) is 4.87. The van der Waals surface area contributed by atoms with E-state index in [0.29, 0.717) is 6.42 Å². The maximum atomic E-state index is 11.6. The molecule has 0 aliphatic carbocycles. The lowest BCUT2D eigenvalue weighted by molar-refractivity contribution is 0.606. The number of rotatable bonds is 2. The maximum Gasteiger partial charge on any atom is 0.245 e. The van der Waals surface area contributed by atoms with Crippen LogP contribution >= 0.6 is 0 Å². The molecule has 0 bridgehead atoms. The van der Waals surface area contributed by atoms with Gasteiger partial charge in [-0.1, -0.05) is 30.5 Å². The third kappa shape index (κ3) is 3.41. The lowest BCUT2D eigenvalue weighted by Gasteiger charge is -1.96. The van der Waals surface area contributed by atoms with Crippen LogP contribution in [0.3, 0.4) is 0 Å². The molecule has 15 heavy (non-hydrogen) atoms. The second kappa shape index (κ2) is 4.99. The van der Waals surface area contributed by atoms with Crippen LogP contribution in [-0.2, 0) is 9.84 Å². The Hall–Kier alpha value is -1.27. The van der Waals surface area contributed by atoms with Crippen molar-refractivity contribution in [2.24, 2.45) is 0 Å². The van der Waals surface area contributed by atoms with Crippen LogP contribution in [0.25, 0.3) is 0 Å². The normalized spacial score (nSPS) is 10.5. The molecule has 0 N–H and O–H groups in total. The van der Waals surface area contributed by atoms with Gasteiger partial charge in [0.1, 0.15) is 0 Å². The summed E-state index contributed by atoms with van der Waals surface area (Å²) in [6.45, 7) is 3.88. The summed E-state index contributed by atoms with van der Waals surface area (Å²) in [5.41, 5.74) is 1.04. The molecule has 2 nitrogen and oxygen atoms in total. The molecule has 0 spiro atoms. The van der Waals surface area contributed by atoms with Crippen molar-refractivity contribution in [1.29, 1.82) is 0 Å². The van der Waals surface area contributed by atoms with Crippen molar-refractivity contribution < 1.29 is 8.42 Å². The van der Waals surface area contributed by atoms with Crippen molar-refractivity contribution in [2.45, 2.75) is 31.6 Å². The lowest BCUT2D eigenvalue weighted by Crippen LogP contribution is -1.96. The van der Waals surface area contributed by atoms with Gasteiger partial charge >= 0.3 is 0 Å². The Balaban J connectivity index is 2.98. The molecule has 1 rings (SSSR count). The Kier molecular flexibility index (Phi) is 3.93. The summed E-state index contributed by atoms with van der Waals surface area (Å²) in [4.78, 5) is 0.275. The smallest absolute Gasteiger partial charge is 0.210 e. The first-order valence-corrected chi connectivity index (χ1v) is 6.36. The molecule has 0 fully saturated rings. The van der Waals surface area contributed by atoms with Gasteiger partial charge in [-0.3, -0.25) is 0 Å². The quantitative estimate of drug-likeness (QED) is 0.569. The Morgan fingerprint density at radius 1 is 1.20 bits per heavy atom. The summed E-state index contributed by atoms with van der Waals surface area (Å²) in [7, 11) is -3.41. The number of hydrogen-bond acceptors (Lipinski definition) is 2. The summed E-state index contributed by atoms with van der Waals surface area (Å²) in [6.07, 6.45) is 1.49. The van der Waals surface area contributed by atoms with Gasteiger partial charge in [0.05, 0.1) is 4.90 Å². The lowest BCUT2D eigenvalue weighted by atomic mass is 10.2. The van der Waals surface area contributed by atoms with E-state index in [9.17, 15) is 8.42 Å². The number of unbranched alkanes of at least 4 members (excludes halogenated alkanes) is 1. The predicted octanol–water partition coefficient (Wildman–Crippen LogP) is 2.53. The molecule has 0 aliphatic heterocycles. The average Bonchev–Trinajstić information content (AvgIpc) is 2.18. The minimum Gasteiger partial charge on any atom is -0.210 e. The summed E-state index contributed by atoms with van der Waals surface area (Å²) in [5.74, 6) is 2.65. The molecular weight excluding hydrogens is 208 g/mol. The zero-order valence-corrected chi connectivity index (χ0v) is 9.76. The highest BCUT2D eigenvalue weighted by molar-refractivity contribution is 7.96. The van der Waals surface area contributed by atoms with E-state index in [-0.39, 0.29) is 4.90 Å². The molecule has 0 saturated carbocycles. The van der Waals surface area contributed by atoms with Crippen LogP contribution < -0.4 is 0 Å². The monoisotopic (exact) mass is 222 g/mol. The maximum absolute atomic E-state index is 11.6. The summed E-state index contributed by atoms with van der Waals surface area (Å²) >= 11 is 0. The molecule has 0 atom stereocenters. The van der Waals surface area contributed by atoms with E-state index in [1.165, 1.54) is 0 Å². The van der Waals surface area contributed by atoms with Crippen LogP contribution in [0.4, 0.5) is 0 Å². The SMILES string of the molecule is CCCC#CS(=O)(=O)c1ccc(C)cc1. The average molecular weight is 222 g/mol. The van der Waals surface area contributed by atoms with Gasteiger partial charge in [-0.05, 0) is 25.5 Å². The van der Waals surface area contributed by atoms with Gasteiger partial charge < -0.3 is 0 Å². The summed E-state index contributed by atoms with van der Waals surface area (Å²) in [5, 5.41) is 2.32. The Bertz CT molecular complexity index is 473. The van der Waals surface area contributed by atoms with Gasteiger partial charge in [0.2, 0.25) is 9.84 Å². The van der Waals surface area contributed by atoms with E-state index in [1.807, 2.05) is 13.8 Å². The first kappa shape index (κ1) is 11.8. The van der Waals surface area contributed by atoms with Crippen molar-refractivity contribution in [3.8, 4) is 11.2 Å². The highest BCUT2D eigenvalue weighted by Crippen LogP contribution is 2.10. The summed E-state index contributed by atoms with van der Waals surface area (Å²) < 4.78 is 23.3. The fraction of sp³-hybridized carbons (Fsp3) is 0.333. The molecule has 1 aromatic carbocycles. The third-order valence-electron chi connectivity index (χ3n) is 1.91. The van der Waals surface area contributed by atoms with E-state index in [0.717, 1.165) is 12.0 Å².